The summed E-state index contributed by atoms with van der Waals surface area (Å²) >= 11 is 4.19. The first-order chi connectivity index (χ1) is 11.7. The highest BCUT2D eigenvalue weighted by Crippen LogP contribution is 2.16. The molecule has 0 amide bonds. The normalized spacial score (nSPS) is 14.0. The zero-order chi connectivity index (χ0) is 17.9. The number of rotatable bonds is 19. The third-order valence-corrected chi connectivity index (χ3v) is 5.09. The first kappa shape index (κ1) is 24.3. The third-order valence-electron chi connectivity index (χ3n) is 4.75. The monoisotopic (exact) mass is 360 g/mol. The molecule has 0 spiro atoms. The van der Waals surface area contributed by atoms with Gasteiger partial charge in [-0.1, -0.05) is 104 Å². The van der Waals surface area contributed by atoms with Crippen molar-refractivity contribution >= 4 is 12.6 Å². The van der Waals surface area contributed by atoms with E-state index in [0.717, 1.165) is 25.9 Å². The van der Waals surface area contributed by atoms with Gasteiger partial charge in [-0.25, -0.2) is 0 Å². The lowest BCUT2D eigenvalue weighted by Gasteiger charge is -2.20. The molecule has 0 saturated carbocycles. The van der Waals surface area contributed by atoms with Crippen molar-refractivity contribution in [2.45, 2.75) is 128 Å². The fourth-order valence-electron chi connectivity index (χ4n) is 3.09. The van der Waals surface area contributed by atoms with Crippen LogP contribution in [0.15, 0.2) is 0 Å². The van der Waals surface area contributed by atoms with Crippen molar-refractivity contribution in [3.63, 3.8) is 0 Å². The van der Waals surface area contributed by atoms with Crippen LogP contribution in [0.5, 0.6) is 0 Å². The van der Waals surface area contributed by atoms with Crippen LogP contribution in [0.4, 0.5) is 0 Å². The Balaban J connectivity index is 3.46. The third kappa shape index (κ3) is 17.1. The molecule has 1 N–H and O–H groups in total. The molecule has 146 valence electrons. The second kappa shape index (κ2) is 19.6. The molecule has 0 aliphatic carbocycles. The zero-order valence-corrected chi connectivity index (χ0v) is 17.4. The van der Waals surface area contributed by atoms with Crippen LogP contribution in [0.3, 0.4) is 0 Å². The summed E-state index contributed by atoms with van der Waals surface area (Å²) < 4.78 is 5.86. The summed E-state index contributed by atoms with van der Waals surface area (Å²) in [6.45, 7) is 5.28. The maximum atomic E-state index is 9.75. The van der Waals surface area contributed by atoms with Gasteiger partial charge in [0, 0.05) is 6.61 Å². The minimum absolute atomic E-state index is 0.0893. The number of aliphatic hydroxyl groups is 1. The highest BCUT2D eigenvalue weighted by atomic mass is 32.1. The molecule has 0 rings (SSSR count). The van der Waals surface area contributed by atoms with Crippen LogP contribution in [0.1, 0.15) is 117 Å². The Morgan fingerprint density at radius 3 is 1.54 bits per heavy atom. The Morgan fingerprint density at radius 2 is 1.08 bits per heavy atom. The van der Waals surface area contributed by atoms with Gasteiger partial charge in [0.25, 0.3) is 0 Å². The lowest BCUT2D eigenvalue weighted by molar-refractivity contribution is -0.00796. The molecular weight excluding hydrogens is 316 g/mol. The summed E-state index contributed by atoms with van der Waals surface area (Å²) in [5, 5.41) is 9.75. The average Bonchev–Trinajstić information content (AvgIpc) is 2.57. The number of ether oxygens (including phenoxy) is 1. The fourth-order valence-corrected chi connectivity index (χ4v) is 3.33. The Morgan fingerprint density at radius 1 is 0.667 bits per heavy atom. The molecule has 2 nitrogen and oxygen atoms in total. The predicted molar refractivity (Wildman–Crippen MR) is 110 cm³/mol. The van der Waals surface area contributed by atoms with E-state index in [0.29, 0.717) is 0 Å². The van der Waals surface area contributed by atoms with Gasteiger partial charge in [0.15, 0.2) is 0 Å². The summed E-state index contributed by atoms with van der Waals surface area (Å²) in [6.07, 6.45) is 20.5. The zero-order valence-electron chi connectivity index (χ0n) is 16.5. The van der Waals surface area contributed by atoms with Crippen molar-refractivity contribution in [3.05, 3.63) is 0 Å². The van der Waals surface area contributed by atoms with Gasteiger partial charge in [-0.05, 0) is 12.8 Å². The van der Waals surface area contributed by atoms with Crippen LogP contribution in [-0.2, 0) is 4.74 Å². The van der Waals surface area contributed by atoms with E-state index in [2.05, 4.69) is 26.5 Å². The number of unbranched alkanes of at least 4 members (excludes halogenated alkanes) is 13. The van der Waals surface area contributed by atoms with E-state index in [1.165, 1.54) is 83.5 Å². The quantitative estimate of drug-likeness (QED) is 0.149. The molecule has 0 aliphatic heterocycles. The second-order valence-corrected chi connectivity index (χ2v) is 7.74. The Bertz CT molecular complexity index is 234. The van der Waals surface area contributed by atoms with E-state index in [-0.39, 0.29) is 6.10 Å². The SMILES string of the molecule is CCCCCCCCCCCC(OCCCCCCCC)C(O)S. The van der Waals surface area contributed by atoms with E-state index < -0.39 is 5.44 Å². The van der Waals surface area contributed by atoms with Crippen molar-refractivity contribution < 1.29 is 9.84 Å². The molecule has 0 aliphatic rings. The van der Waals surface area contributed by atoms with E-state index in [1.54, 1.807) is 0 Å². The summed E-state index contributed by atoms with van der Waals surface area (Å²) in [4.78, 5) is 0. The van der Waals surface area contributed by atoms with Gasteiger partial charge in [-0.3, -0.25) is 0 Å². The fraction of sp³-hybridized carbons (Fsp3) is 1.00. The Hall–Kier alpha value is 0.270. The molecule has 0 aromatic rings. The molecule has 2 unspecified atom stereocenters. The van der Waals surface area contributed by atoms with Crippen LogP contribution >= 0.6 is 12.6 Å². The van der Waals surface area contributed by atoms with Crippen molar-refractivity contribution in [3.8, 4) is 0 Å². The summed E-state index contributed by atoms with van der Waals surface area (Å²) in [6, 6.07) is 0. The molecule has 24 heavy (non-hydrogen) atoms. The van der Waals surface area contributed by atoms with E-state index in [1.807, 2.05) is 0 Å². The van der Waals surface area contributed by atoms with Crippen molar-refractivity contribution in [2.24, 2.45) is 0 Å². The number of hydrogen-bond acceptors (Lipinski definition) is 3. The molecule has 0 fully saturated rings. The van der Waals surface area contributed by atoms with Gasteiger partial charge < -0.3 is 9.84 Å². The summed E-state index contributed by atoms with van der Waals surface area (Å²) in [7, 11) is 0. The van der Waals surface area contributed by atoms with Gasteiger partial charge >= 0.3 is 0 Å². The average molecular weight is 361 g/mol. The highest BCUT2D eigenvalue weighted by Gasteiger charge is 2.15. The molecule has 0 saturated heterocycles. The standard InChI is InChI=1S/C21H44O2S/c1-3-5-7-9-11-12-13-14-16-18-20(21(22)24)23-19-17-15-10-8-6-4-2/h20-22,24H,3-19H2,1-2H3. The van der Waals surface area contributed by atoms with Crippen LogP contribution in [-0.4, -0.2) is 23.3 Å². The maximum absolute atomic E-state index is 9.75. The van der Waals surface area contributed by atoms with Gasteiger partial charge in [0.05, 0.1) is 6.10 Å². The van der Waals surface area contributed by atoms with E-state index >= 15 is 0 Å². The van der Waals surface area contributed by atoms with Crippen LogP contribution in [0.25, 0.3) is 0 Å². The van der Waals surface area contributed by atoms with Gasteiger partial charge in [-0.2, -0.15) is 0 Å². The number of thiol groups is 1. The molecular formula is C21H44O2S. The molecule has 0 bridgehead atoms. The van der Waals surface area contributed by atoms with Crippen molar-refractivity contribution in [1.29, 1.82) is 0 Å². The Kier molecular flexibility index (Phi) is 19.8. The van der Waals surface area contributed by atoms with Crippen LogP contribution in [0, 0.1) is 0 Å². The number of aliphatic hydroxyl groups excluding tert-OH is 1. The summed E-state index contributed by atoms with van der Waals surface area (Å²) in [5.74, 6) is 0. The largest absolute Gasteiger partial charge is 0.380 e. The second-order valence-electron chi connectivity index (χ2n) is 7.21. The van der Waals surface area contributed by atoms with Crippen LogP contribution in [0.2, 0.25) is 0 Å². The van der Waals surface area contributed by atoms with E-state index in [9.17, 15) is 5.11 Å². The molecule has 0 aromatic carbocycles. The topological polar surface area (TPSA) is 29.5 Å². The van der Waals surface area contributed by atoms with Crippen LogP contribution < -0.4 is 0 Å². The highest BCUT2D eigenvalue weighted by molar-refractivity contribution is 7.80. The lowest BCUT2D eigenvalue weighted by Crippen LogP contribution is -2.25. The molecule has 0 heterocycles. The molecule has 0 radical (unpaired) electrons. The maximum Gasteiger partial charge on any atom is 0.123 e. The molecule has 3 heteroatoms. The van der Waals surface area contributed by atoms with Gasteiger partial charge in [0.2, 0.25) is 0 Å². The first-order valence-corrected chi connectivity index (χ1v) is 11.2. The molecule has 0 aromatic heterocycles. The minimum atomic E-state index is -0.640. The van der Waals surface area contributed by atoms with E-state index in [4.69, 9.17) is 4.74 Å². The minimum Gasteiger partial charge on any atom is -0.380 e. The smallest absolute Gasteiger partial charge is 0.123 e. The van der Waals surface area contributed by atoms with Gasteiger partial charge in [-0.15, -0.1) is 12.6 Å². The Labute approximate surface area is 157 Å². The molecule has 2 atom stereocenters. The van der Waals surface area contributed by atoms with Crippen molar-refractivity contribution in [2.75, 3.05) is 6.61 Å². The van der Waals surface area contributed by atoms with Gasteiger partial charge in [0.1, 0.15) is 5.44 Å². The first-order valence-electron chi connectivity index (χ1n) is 10.7. The predicted octanol–water partition coefficient (Wildman–Crippen LogP) is 6.90. The number of hydrogen-bond donors (Lipinski definition) is 2. The van der Waals surface area contributed by atoms with Crippen molar-refractivity contribution in [1.82, 2.24) is 0 Å². The summed E-state index contributed by atoms with van der Waals surface area (Å²) in [5.41, 5.74) is -0.640. The lowest BCUT2D eigenvalue weighted by atomic mass is 10.1.